The van der Waals surface area contributed by atoms with E-state index >= 15 is 0 Å². The standard InChI is InChI=1S/C17H32N2S/c1-4-15(5-2)16-12-19-17(20-16)18-11-10-14-8-6-13(3)7-9-14/h13-16H,4-12H2,1-3H3,(H,18,19). The van der Waals surface area contributed by atoms with Crippen molar-refractivity contribution in [1.82, 2.24) is 5.32 Å². The average molecular weight is 297 g/mol. The molecule has 0 spiro atoms. The van der Waals surface area contributed by atoms with Crippen LogP contribution >= 0.6 is 11.8 Å². The van der Waals surface area contributed by atoms with Gasteiger partial charge in [0.25, 0.3) is 0 Å². The van der Waals surface area contributed by atoms with Crippen LogP contribution in [0.1, 0.15) is 65.7 Å². The molecule has 1 heterocycles. The summed E-state index contributed by atoms with van der Waals surface area (Å²) in [7, 11) is 0. The van der Waals surface area contributed by atoms with E-state index < -0.39 is 0 Å². The van der Waals surface area contributed by atoms with E-state index in [1.807, 2.05) is 11.8 Å². The van der Waals surface area contributed by atoms with Crippen LogP contribution in [-0.2, 0) is 0 Å². The Morgan fingerprint density at radius 3 is 2.55 bits per heavy atom. The summed E-state index contributed by atoms with van der Waals surface area (Å²) >= 11 is 1.99. The zero-order valence-corrected chi connectivity index (χ0v) is 14.3. The summed E-state index contributed by atoms with van der Waals surface area (Å²) in [6, 6.07) is 0. The maximum absolute atomic E-state index is 4.70. The fourth-order valence-electron chi connectivity index (χ4n) is 3.55. The van der Waals surface area contributed by atoms with Gasteiger partial charge in [-0.05, 0) is 24.2 Å². The lowest BCUT2D eigenvalue weighted by Crippen LogP contribution is -2.25. The lowest BCUT2D eigenvalue weighted by Gasteiger charge is -2.26. The Hall–Kier alpha value is -0.180. The van der Waals surface area contributed by atoms with E-state index in [0.717, 1.165) is 36.1 Å². The van der Waals surface area contributed by atoms with Crippen molar-refractivity contribution in [3.63, 3.8) is 0 Å². The molecule has 116 valence electrons. The number of nitrogens with zero attached hydrogens (tertiary/aromatic N) is 1. The molecule has 2 nitrogen and oxygen atoms in total. The summed E-state index contributed by atoms with van der Waals surface area (Å²) in [4.78, 5) is 4.70. The van der Waals surface area contributed by atoms with Gasteiger partial charge < -0.3 is 5.32 Å². The van der Waals surface area contributed by atoms with Crippen molar-refractivity contribution in [2.75, 3.05) is 13.1 Å². The molecular formula is C17H32N2S. The molecule has 1 fully saturated rings. The number of rotatable bonds is 6. The number of thioether (sulfide) groups is 1. The quantitative estimate of drug-likeness (QED) is 0.768. The number of amidine groups is 1. The smallest absolute Gasteiger partial charge is 0.156 e. The molecule has 0 saturated heterocycles. The normalized spacial score (nSPS) is 30.6. The minimum Gasteiger partial charge on any atom is -0.365 e. The van der Waals surface area contributed by atoms with Crippen molar-refractivity contribution in [2.45, 2.75) is 71.0 Å². The van der Waals surface area contributed by atoms with Crippen LogP contribution in [0.3, 0.4) is 0 Å². The van der Waals surface area contributed by atoms with Crippen LogP contribution in [0.5, 0.6) is 0 Å². The first-order valence-electron chi connectivity index (χ1n) is 8.67. The second-order valence-corrected chi connectivity index (χ2v) is 7.95. The molecule has 1 aliphatic carbocycles. The summed E-state index contributed by atoms with van der Waals surface area (Å²) in [5.41, 5.74) is 0. The SMILES string of the molecule is CCC(CC)C1CN=C(NCCC2CCC(C)CC2)S1. The van der Waals surface area contributed by atoms with Crippen LogP contribution in [0, 0.1) is 17.8 Å². The third-order valence-electron chi connectivity index (χ3n) is 5.22. The summed E-state index contributed by atoms with van der Waals surface area (Å²) in [6.45, 7) is 9.17. The minimum atomic E-state index is 0.725. The molecule has 2 aliphatic rings. The molecule has 2 rings (SSSR count). The van der Waals surface area contributed by atoms with Crippen molar-refractivity contribution < 1.29 is 0 Å². The van der Waals surface area contributed by atoms with Crippen molar-refractivity contribution >= 4 is 16.9 Å². The predicted octanol–water partition coefficient (Wildman–Crippen LogP) is 4.70. The van der Waals surface area contributed by atoms with Crippen molar-refractivity contribution in [2.24, 2.45) is 22.7 Å². The molecule has 1 aliphatic heterocycles. The van der Waals surface area contributed by atoms with E-state index in [0.29, 0.717) is 0 Å². The molecule has 1 saturated carbocycles. The Morgan fingerprint density at radius 2 is 1.90 bits per heavy atom. The first kappa shape index (κ1) is 16.2. The second kappa shape index (κ2) is 8.31. The Labute approximate surface area is 129 Å². The van der Waals surface area contributed by atoms with Gasteiger partial charge >= 0.3 is 0 Å². The lowest BCUT2D eigenvalue weighted by atomic mass is 9.81. The molecule has 0 amide bonds. The third kappa shape index (κ3) is 4.68. The second-order valence-electron chi connectivity index (χ2n) is 6.72. The molecule has 1 unspecified atom stereocenters. The van der Waals surface area contributed by atoms with E-state index in [-0.39, 0.29) is 0 Å². The van der Waals surface area contributed by atoms with E-state index in [1.165, 1.54) is 50.1 Å². The fourth-order valence-corrected chi connectivity index (χ4v) is 4.90. The van der Waals surface area contributed by atoms with E-state index in [2.05, 4.69) is 26.1 Å². The Bertz CT molecular complexity index is 304. The number of hydrogen-bond donors (Lipinski definition) is 1. The van der Waals surface area contributed by atoms with Crippen LogP contribution in [-0.4, -0.2) is 23.5 Å². The van der Waals surface area contributed by atoms with Gasteiger partial charge in [-0.25, -0.2) is 0 Å². The van der Waals surface area contributed by atoms with Gasteiger partial charge in [0.1, 0.15) is 0 Å². The van der Waals surface area contributed by atoms with Gasteiger partial charge in [0.2, 0.25) is 0 Å². The molecule has 1 N–H and O–H groups in total. The zero-order chi connectivity index (χ0) is 14.4. The Morgan fingerprint density at radius 1 is 1.20 bits per heavy atom. The molecule has 0 aromatic heterocycles. The van der Waals surface area contributed by atoms with Crippen LogP contribution in [0.25, 0.3) is 0 Å². The molecule has 0 aromatic rings. The highest BCUT2D eigenvalue weighted by Crippen LogP contribution is 2.31. The molecule has 0 bridgehead atoms. The lowest BCUT2D eigenvalue weighted by molar-refractivity contribution is 0.278. The summed E-state index contributed by atoms with van der Waals surface area (Å²) in [5, 5.41) is 5.53. The molecular weight excluding hydrogens is 264 g/mol. The highest BCUT2D eigenvalue weighted by Gasteiger charge is 2.26. The van der Waals surface area contributed by atoms with Gasteiger partial charge in [0, 0.05) is 11.8 Å². The number of nitrogens with one attached hydrogen (secondary N) is 1. The van der Waals surface area contributed by atoms with Crippen LogP contribution in [0.4, 0.5) is 0 Å². The predicted molar refractivity (Wildman–Crippen MR) is 91.5 cm³/mol. The van der Waals surface area contributed by atoms with Crippen LogP contribution in [0.15, 0.2) is 4.99 Å². The van der Waals surface area contributed by atoms with Gasteiger partial charge in [0.15, 0.2) is 5.17 Å². The molecule has 1 atom stereocenters. The first-order valence-corrected chi connectivity index (χ1v) is 9.55. The monoisotopic (exact) mass is 296 g/mol. The summed E-state index contributed by atoms with van der Waals surface area (Å²) in [6.07, 6.45) is 9.68. The molecule has 0 radical (unpaired) electrons. The minimum absolute atomic E-state index is 0.725. The topological polar surface area (TPSA) is 24.4 Å². The largest absolute Gasteiger partial charge is 0.365 e. The Balaban J connectivity index is 1.61. The summed E-state index contributed by atoms with van der Waals surface area (Å²) < 4.78 is 0. The van der Waals surface area contributed by atoms with E-state index in [4.69, 9.17) is 4.99 Å². The molecule has 20 heavy (non-hydrogen) atoms. The van der Waals surface area contributed by atoms with E-state index in [9.17, 15) is 0 Å². The maximum Gasteiger partial charge on any atom is 0.156 e. The number of aliphatic imine (C=N–C) groups is 1. The van der Waals surface area contributed by atoms with Gasteiger partial charge in [-0.3, -0.25) is 4.99 Å². The van der Waals surface area contributed by atoms with Crippen molar-refractivity contribution in [1.29, 1.82) is 0 Å². The van der Waals surface area contributed by atoms with Gasteiger partial charge in [0.05, 0.1) is 6.54 Å². The number of hydrogen-bond acceptors (Lipinski definition) is 3. The molecule has 0 aromatic carbocycles. The molecule has 3 heteroatoms. The maximum atomic E-state index is 4.70. The third-order valence-corrected chi connectivity index (χ3v) is 6.55. The van der Waals surface area contributed by atoms with Gasteiger partial charge in [-0.15, -0.1) is 0 Å². The van der Waals surface area contributed by atoms with Crippen molar-refractivity contribution in [3.8, 4) is 0 Å². The summed E-state index contributed by atoms with van der Waals surface area (Å²) in [5.74, 6) is 2.76. The highest BCUT2D eigenvalue weighted by molar-refractivity contribution is 8.14. The average Bonchev–Trinajstić information content (AvgIpc) is 2.91. The zero-order valence-electron chi connectivity index (χ0n) is 13.5. The van der Waals surface area contributed by atoms with Crippen LogP contribution < -0.4 is 5.32 Å². The Kier molecular flexibility index (Phi) is 6.73. The van der Waals surface area contributed by atoms with Crippen molar-refractivity contribution in [3.05, 3.63) is 0 Å². The first-order chi connectivity index (χ1) is 9.72. The fraction of sp³-hybridized carbons (Fsp3) is 0.941. The van der Waals surface area contributed by atoms with Crippen LogP contribution in [0.2, 0.25) is 0 Å². The van der Waals surface area contributed by atoms with Gasteiger partial charge in [-0.1, -0.05) is 71.1 Å². The van der Waals surface area contributed by atoms with Gasteiger partial charge in [-0.2, -0.15) is 0 Å². The highest BCUT2D eigenvalue weighted by atomic mass is 32.2. The van der Waals surface area contributed by atoms with E-state index in [1.54, 1.807) is 0 Å².